The number of guanidine groups is 2. The van der Waals surface area contributed by atoms with Gasteiger partial charge in [0.25, 0.3) is 0 Å². The van der Waals surface area contributed by atoms with Crippen LogP contribution in [0.1, 0.15) is 42.5 Å². The van der Waals surface area contributed by atoms with Crippen LogP contribution < -0.4 is 16.4 Å². The van der Waals surface area contributed by atoms with Gasteiger partial charge in [0.05, 0.1) is 16.3 Å². The van der Waals surface area contributed by atoms with E-state index in [9.17, 15) is 9.90 Å². The fourth-order valence-electron chi connectivity index (χ4n) is 3.29. The molecule has 0 unspecified atom stereocenters. The number of nitrogens with zero attached hydrogens (tertiary/aromatic N) is 3. The van der Waals surface area contributed by atoms with E-state index in [1.807, 2.05) is 0 Å². The normalized spacial score (nSPS) is 20.1. The Bertz CT molecular complexity index is 710. The van der Waals surface area contributed by atoms with Crippen LogP contribution in [0.25, 0.3) is 0 Å². The van der Waals surface area contributed by atoms with Crippen molar-refractivity contribution < 1.29 is 9.90 Å². The summed E-state index contributed by atoms with van der Waals surface area (Å²) in [5, 5.41) is 9.63. The molecular formula is C15H18ClN5O2. The van der Waals surface area contributed by atoms with Gasteiger partial charge in [-0.2, -0.15) is 4.99 Å². The second-order valence-electron chi connectivity index (χ2n) is 5.79. The molecule has 5 N–H and O–H groups in total. The van der Waals surface area contributed by atoms with Crippen LogP contribution in [0.4, 0.5) is 5.69 Å². The van der Waals surface area contributed by atoms with Crippen molar-refractivity contribution in [3.63, 3.8) is 0 Å². The van der Waals surface area contributed by atoms with E-state index in [0.717, 1.165) is 32.1 Å². The Hall–Kier alpha value is -2.28. The highest BCUT2D eigenvalue weighted by Crippen LogP contribution is 2.41. The summed E-state index contributed by atoms with van der Waals surface area (Å²) in [7, 11) is 0. The first kappa shape index (κ1) is 15.6. The minimum atomic E-state index is -1.03. The van der Waals surface area contributed by atoms with Gasteiger partial charge in [-0.1, -0.05) is 18.0 Å². The van der Waals surface area contributed by atoms with Crippen LogP contribution in [0.2, 0.25) is 5.02 Å². The van der Waals surface area contributed by atoms with Gasteiger partial charge in [-0.15, -0.1) is 0 Å². The third-order valence-corrected chi connectivity index (χ3v) is 4.61. The predicted octanol–water partition coefficient (Wildman–Crippen LogP) is 2.15. The Morgan fingerprint density at radius 1 is 1.26 bits per heavy atom. The van der Waals surface area contributed by atoms with Crippen molar-refractivity contribution in [3.8, 4) is 0 Å². The van der Waals surface area contributed by atoms with Gasteiger partial charge >= 0.3 is 5.97 Å². The molecule has 0 radical (unpaired) electrons. The molecule has 7 nitrogen and oxygen atoms in total. The molecule has 23 heavy (non-hydrogen) atoms. The number of nitrogens with two attached hydrogens (primary N) is 2. The minimum Gasteiger partial charge on any atom is -0.478 e. The molecule has 2 aliphatic rings. The minimum absolute atomic E-state index is 0.130. The molecule has 1 aromatic rings. The van der Waals surface area contributed by atoms with Gasteiger partial charge in [0.2, 0.25) is 11.9 Å². The summed E-state index contributed by atoms with van der Waals surface area (Å²) in [4.78, 5) is 21.6. The summed E-state index contributed by atoms with van der Waals surface area (Å²) >= 11 is 6.31. The largest absolute Gasteiger partial charge is 0.478 e. The summed E-state index contributed by atoms with van der Waals surface area (Å²) < 4.78 is 0. The Morgan fingerprint density at radius 2 is 1.96 bits per heavy atom. The molecule has 0 saturated heterocycles. The van der Waals surface area contributed by atoms with E-state index in [1.54, 1.807) is 11.0 Å². The molecule has 0 amide bonds. The van der Waals surface area contributed by atoms with Gasteiger partial charge in [-0.25, -0.2) is 9.79 Å². The third kappa shape index (κ3) is 2.72. The maximum absolute atomic E-state index is 11.3. The number of hydrogen-bond donors (Lipinski definition) is 3. The molecule has 1 aliphatic heterocycles. The number of aliphatic imine (C=N–C) groups is 2. The summed E-state index contributed by atoms with van der Waals surface area (Å²) in [5.41, 5.74) is 11.9. The molecule has 122 valence electrons. The summed E-state index contributed by atoms with van der Waals surface area (Å²) in [6, 6.07) is 4.50. The van der Waals surface area contributed by atoms with E-state index in [0.29, 0.717) is 10.7 Å². The first-order valence-electron chi connectivity index (χ1n) is 7.45. The van der Waals surface area contributed by atoms with E-state index in [1.165, 1.54) is 12.1 Å². The average molecular weight is 336 g/mol. The molecule has 0 atom stereocenters. The number of carbonyl (C=O) groups is 1. The van der Waals surface area contributed by atoms with Crippen molar-refractivity contribution in [1.29, 1.82) is 0 Å². The van der Waals surface area contributed by atoms with Crippen LogP contribution in [-0.4, -0.2) is 28.7 Å². The Labute approximate surface area is 138 Å². The highest BCUT2D eigenvalue weighted by atomic mass is 35.5. The van der Waals surface area contributed by atoms with Gasteiger partial charge in [0.1, 0.15) is 5.66 Å². The standard InChI is InChI=1S/C15H18ClN5O2/c16-10-5-4-9(12(22)23)8-11(10)21-14(18)19-13(17)20-15(21)6-2-1-3-7-15/h4-5,8H,1-3,6-7H2,(H,22,23)(H4,17,18,19,20). The SMILES string of the molecule is NC1=NC2(CCCCC2)N(c2cc(C(=O)O)ccc2Cl)C(N)=N1. The van der Waals surface area contributed by atoms with Crippen LogP contribution in [0.15, 0.2) is 28.2 Å². The van der Waals surface area contributed by atoms with Crippen LogP contribution in [0.5, 0.6) is 0 Å². The molecule has 3 rings (SSSR count). The molecule has 0 aromatic heterocycles. The van der Waals surface area contributed by atoms with Gasteiger partial charge in [-0.3, -0.25) is 4.90 Å². The predicted molar refractivity (Wildman–Crippen MR) is 90.0 cm³/mol. The molecule has 0 bridgehead atoms. The van der Waals surface area contributed by atoms with E-state index >= 15 is 0 Å². The van der Waals surface area contributed by atoms with Crippen molar-refractivity contribution in [2.24, 2.45) is 21.5 Å². The number of benzene rings is 1. The highest BCUT2D eigenvalue weighted by Gasteiger charge is 2.43. The first-order chi connectivity index (χ1) is 10.9. The number of halogens is 1. The van der Waals surface area contributed by atoms with E-state index in [2.05, 4.69) is 9.98 Å². The third-order valence-electron chi connectivity index (χ3n) is 4.29. The number of carboxylic acids is 1. The zero-order chi connectivity index (χ0) is 16.6. The quantitative estimate of drug-likeness (QED) is 0.765. The zero-order valence-electron chi connectivity index (χ0n) is 12.5. The Balaban J connectivity index is 2.14. The average Bonchev–Trinajstić information content (AvgIpc) is 2.48. The summed E-state index contributed by atoms with van der Waals surface area (Å²) in [6.07, 6.45) is 4.60. The van der Waals surface area contributed by atoms with Crippen molar-refractivity contribution in [2.75, 3.05) is 4.90 Å². The molecule has 1 spiro atoms. The lowest BCUT2D eigenvalue weighted by atomic mass is 9.87. The fourth-order valence-corrected chi connectivity index (χ4v) is 3.49. The molecule has 1 fully saturated rings. The van der Waals surface area contributed by atoms with Gasteiger partial charge in [0, 0.05) is 0 Å². The molecule has 1 saturated carbocycles. The highest BCUT2D eigenvalue weighted by molar-refractivity contribution is 6.34. The van der Waals surface area contributed by atoms with Crippen molar-refractivity contribution >= 4 is 35.2 Å². The molecule has 1 aromatic carbocycles. The fraction of sp³-hybridized carbons (Fsp3) is 0.400. The molecule has 1 aliphatic carbocycles. The first-order valence-corrected chi connectivity index (χ1v) is 7.83. The van der Waals surface area contributed by atoms with Crippen molar-refractivity contribution in [1.82, 2.24) is 0 Å². The van der Waals surface area contributed by atoms with Crippen LogP contribution in [0.3, 0.4) is 0 Å². The van der Waals surface area contributed by atoms with Crippen molar-refractivity contribution in [2.45, 2.75) is 37.8 Å². The van der Waals surface area contributed by atoms with Gasteiger partial charge in [-0.05, 0) is 43.9 Å². The van der Waals surface area contributed by atoms with Crippen molar-refractivity contribution in [3.05, 3.63) is 28.8 Å². The maximum Gasteiger partial charge on any atom is 0.335 e. The van der Waals surface area contributed by atoms with E-state index in [-0.39, 0.29) is 17.5 Å². The van der Waals surface area contributed by atoms with Gasteiger partial charge in [0.15, 0.2) is 0 Å². The lowest BCUT2D eigenvalue weighted by molar-refractivity contribution is 0.0697. The van der Waals surface area contributed by atoms with Crippen LogP contribution in [0, 0.1) is 0 Å². The van der Waals surface area contributed by atoms with Crippen LogP contribution in [-0.2, 0) is 0 Å². The molecule has 1 heterocycles. The lowest BCUT2D eigenvalue weighted by Gasteiger charge is -2.45. The van der Waals surface area contributed by atoms with E-state index in [4.69, 9.17) is 23.1 Å². The molecular weight excluding hydrogens is 318 g/mol. The Kier molecular flexibility index (Phi) is 3.89. The monoisotopic (exact) mass is 335 g/mol. The topological polar surface area (TPSA) is 117 Å². The summed E-state index contributed by atoms with van der Waals surface area (Å²) in [6.45, 7) is 0. The smallest absolute Gasteiger partial charge is 0.335 e. The van der Waals surface area contributed by atoms with Gasteiger partial charge < -0.3 is 16.6 Å². The maximum atomic E-state index is 11.3. The second-order valence-corrected chi connectivity index (χ2v) is 6.20. The second kappa shape index (κ2) is 5.73. The summed E-state index contributed by atoms with van der Waals surface area (Å²) in [5.74, 6) is -0.703. The Morgan fingerprint density at radius 3 is 2.61 bits per heavy atom. The number of hydrogen-bond acceptors (Lipinski definition) is 6. The number of rotatable bonds is 2. The lowest BCUT2D eigenvalue weighted by Crippen LogP contribution is -2.58. The zero-order valence-corrected chi connectivity index (χ0v) is 13.3. The molecule has 8 heteroatoms. The number of aromatic carboxylic acids is 1. The number of anilines is 1. The van der Waals surface area contributed by atoms with E-state index < -0.39 is 11.6 Å². The number of carboxylic acid groups (broad SMARTS) is 1. The van der Waals surface area contributed by atoms with Crippen LogP contribution >= 0.6 is 11.6 Å².